The van der Waals surface area contributed by atoms with Crippen LogP contribution in [0.3, 0.4) is 0 Å². The molecule has 0 spiro atoms. The van der Waals surface area contributed by atoms with E-state index in [4.69, 9.17) is 0 Å². The topological polar surface area (TPSA) is 0 Å². The van der Waals surface area contributed by atoms with Crippen LogP contribution in [-0.2, 0) is 10.8 Å². The summed E-state index contributed by atoms with van der Waals surface area (Å²) in [5.74, 6) is 0. The summed E-state index contributed by atoms with van der Waals surface area (Å²) >= 11 is 0. The molecule has 0 saturated heterocycles. The van der Waals surface area contributed by atoms with Gasteiger partial charge in [-0.15, -0.1) is 0 Å². The van der Waals surface area contributed by atoms with E-state index in [0.717, 1.165) is 12.8 Å². The second-order valence-corrected chi connectivity index (χ2v) is 9.10. The molecule has 0 heteroatoms. The van der Waals surface area contributed by atoms with Crippen LogP contribution in [0.15, 0.2) is 85.4 Å². The lowest BCUT2D eigenvalue weighted by molar-refractivity contribution is 0.616. The van der Waals surface area contributed by atoms with Crippen molar-refractivity contribution in [3.63, 3.8) is 0 Å². The first-order valence-electron chi connectivity index (χ1n) is 10.7. The van der Waals surface area contributed by atoms with Crippen molar-refractivity contribution < 1.29 is 0 Å². The molecule has 3 rings (SSSR count). The fourth-order valence-electron chi connectivity index (χ4n) is 4.23. The van der Waals surface area contributed by atoms with Gasteiger partial charge in [-0.2, -0.15) is 0 Å². The van der Waals surface area contributed by atoms with Crippen LogP contribution in [-0.4, -0.2) is 0 Å². The van der Waals surface area contributed by atoms with E-state index >= 15 is 0 Å². The van der Waals surface area contributed by atoms with Crippen LogP contribution in [0, 0.1) is 0 Å². The van der Waals surface area contributed by atoms with Crippen LogP contribution < -0.4 is 0 Å². The lowest BCUT2D eigenvalue weighted by atomic mass is 9.71. The Bertz CT molecular complexity index is 959. The van der Waals surface area contributed by atoms with Crippen LogP contribution in [0.25, 0.3) is 5.57 Å². The molecular weight excluding hydrogens is 348 g/mol. The Morgan fingerprint density at radius 1 is 0.690 bits per heavy atom. The molecule has 0 fully saturated rings. The molecule has 0 N–H and O–H groups in total. The normalized spacial score (nSPS) is 12.0. The zero-order valence-electron chi connectivity index (χ0n) is 18.6. The summed E-state index contributed by atoms with van der Waals surface area (Å²) in [7, 11) is 0. The smallest absolute Gasteiger partial charge is 0.0152 e. The molecule has 0 nitrogen and oxygen atoms in total. The van der Waals surface area contributed by atoms with Crippen LogP contribution in [0.5, 0.6) is 0 Å². The zero-order valence-corrected chi connectivity index (χ0v) is 18.6. The second-order valence-electron chi connectivity index (χ2n) is 9.10. The van der Waals surface area contributed by atoms with Crippen molar-refractivity contribution in [2.75, 3.05) is 0 Å². The van der Waals surface area contributed by atoms with Gasteiger partial charge in [0.25, 0.3) is 0 Å². The van der Waals surface area contributed by atoms with Gasteiger partial charge < -0.3 is 0 Å². The van der Waals surface area contributed by atoms with Gasteiger partial charge in [0.05, 0.1) is 0 Å². The van der Waals surface area contributed by atoms with Crippen LogP contribution in [0.1, 0.15) is 75.3 Å². The lowest BCUT2D eigenvalue weighted by Crippen LogP contribution is -2.24. The van der Waals surface area contributed by atoms with Crippen molar-refractivity contribution >= 4 is 5.57 Å². The Morgan fingerprint density at radius 2 is 1.21 bits per heavy atom. The lowest BCUT2D eigenvalue weighted by Gasteiger charge is -2.33. The fourth-order valence-corrected chi connectivity index (χ4v) is 4.23. The minimum Gasteiger partial charge on any atom is -0.0952 e. The van der Waals surface area contributed by atoms with E-state index in [9.17, 15) is 0 Å². The van der Waals surface area contributed by atoms with Gasteiger partial charge in [0.1, 0.15) is 0 Å². The number of allylic oxidation sites excluding steroid dienone is 1. The van der Waals surface area contributed by atoms with Crippen LogP contribution in [0.4, 0.5) is 0 Å². The molecule has 29 heavy (non-hydrogen) atoms. The summed E-state index contributed by atoms with van der Waals surface area (Å²) in [6.07, 6.45) is 2.14. The van der Waals surface area contributed by atoms with Crippen molar-refractivity contribution in [2.24, 2.45) is 0 Å². The van der Waals surface area contributed by atoms with Crippen LogP contribution >= 0.6 is 0 Å². The van der Waals surface area contributed by atoms with Gasteiger partial charge in [0, 0.05) is 10.8 Å². The number of hydrogen-bond donors (Lipinski definition) is 0. The molecule has 0 aliphatic rings. The molecule has 0 unspecified atom stereocenters. The molecule has 3 aromatic rings. The van der Waals surface area contributed by atoms with E-state index in [0.29, 0.717) is 0 Å². The number of benzene rings is 3. The van der Waals surface area contributed by atoms with E-state index in [2.05, 4.69) is 120 Å². The Hall–Kier alpha value is -2.60. The molecular formula is C29H34. The largest absolute Gasteiger partial charge is 0.0952 e. The molecule has 0 amide bonds. The Morgan fingerprint density at radius 3 is 1.72 bits per heavy atom. The summed E-state index contributed by atoms with van der Waals surface area (Å²) in [6.45, 7) is 16.0. The zero-order chi connectivity index (χ0) is 21.1. The third-order valence-corrected chi connectivity index (χ3v) is 6.34. The van der Waals surface area contributed by atoms with Crippen molar-refractivity contribution in [1.82, 2.24) is 0 Å². The van der Waals surface area contributed by atoms with E-state index in [1.807, 2.05) is 0 Å². The predicted molar refractivity (Wildman–Crippen MR) is 128 cm³/mol. The maximum Gasteiger partial charge on any atom is 0.0152 e. The number of rotatable bonds is 7. The van der Waals surface area contributed by atoms with Gasteiger partial charge >= 0.3 is 0 Å². The molecule has 3 aromatic carbocycles. The first-order valence-corrected chi connectivity index (χ1v) is 10.7. The van der Waals surface area contributed by atoms with Gasteiger partial charge in [-0.05, 0) is 39.8 Å². The van der Waals surface area contributed by atoms with E-state index < -0.39 is 0 Å². The molecule has 0 aromatic heterocycles. The highest BCUT2D eigenvalue weighted by Gasteiger charge is 2.30. The van der Waals surface area contributed by atoms with E-state index in [1.54, 1.807) is 0 Å². The van der Waals surface area contributed by atoms with Gasteiger partial charge in [-0.25, -0.2) is 0 Å². The molecule has 0 radical (unpaired) electrons. The average Bonchev–Trinajstić information content (AvgIpc) is 2.74. The monoisotopic (exact) mass is 382 g/mol. The van der Waals surface area contributed by atoms with Crippen molar-refractivity contribution in [3.8, 4) is 0 Å². The highest BCUT2D eigenvalue weighted by atomic mass is 14.3. The Balaban J connectivity index is 2.19. The fraction of sp³-hybridized carbons (Fsp3) is 0.310. The SMILES string of the molecule is C=C(CCC)c1ccc(C(C)(C)c2ccccc2)cc1C(C)(C)c1ccccc1. The highest BCUT2D eigenvalue weighted by Crippen LogP contribution is 2.40. The number of hydrogen-bond acceptors (Lipinski definition) is 0. The van der Waals surface area contributed by atoms with Crippen LogP contribution in [0.2, 0.25) is 0 Å². The quantitative estimate of drug-likeness (QED) is 0.387. The summed E-state index contributed by atoms with van der Waals surface area (Å²) < 4.78 is 0. The molecule has 0 bridgehead atoms. The first kappa shape index (κ1) is 21.1. The van der Waals surface area contributed by atoms with Crippen molar-refractivity contribution in [1.29, 1.82) is 0 Å². The summed E-state index contributed by atoms with van der Waals surface area (Å²) in [5.41, 5.74) is 7.75. The summed E-state index contributed by atoms with van der Waals surface area (Å²) in [6, 6.07) is 28.7. The third kappa shape index (κ3) is 4.22. The predicted octanol–water partition coefficient (Wildman–Crippen LogP) is 8.15. The van der Waals surface area contributed by atoms with Crippen molar-refractivity contribution in [2.45, 2.75) is 58.3 Å². The van der Waals surface area contributed by atoms with E-state index in [1.165, 1.54) is 33.4 Å². The first-order chi connectivity index (χ1) is 13.8. The van der Waals surface area contributed by atoms with Crippen molar-refractivity contribution in [3.05, 3.63) is 113 Å². The van der Waals surface area contributed by atoms with Gasteiger partial charge in [-0.3, -0.25) is 0 Å². The Kier molecular flexibility index (Phi) is 6.13. The molecule has 0 atom stereocenters. The highest BCUT2D eigenvalue weighted by molar-refractivity contribution is 5.69. The molecule has 0 aliphatic carbocycles. The minimum atomic E-state index is -0.101. The molecule has 0 heterocycles. The maximum absolute atomic E-state index is 4.43. The maximum atomic E-state index is 4.43. The van der Waals surface area contributed by atoms with E-state index in [-0.39, 0.29) is 10.8 Å². The second kappa shape index (κ2) is 8.41. The molecule has 0 aliphatic heterocycles. The van der Waals surface area contributed by atoms with Gasteiger partial charge in [0.2, 0.25) is 0 Å². The third-order valence-electron chi connectivity index (χ3n) is 6.34. The standard InChI is InChI=1S/C29H34/c1-7-14-22(2)26-20-19-25(28(3,4)23-15-10-8-11-16-23)21-27(26)29(5,6)24-17-12-9-13-18-24/h8-13,15-21H,2,7,14H2,1,3-6H3. The Labute approximate surface area is 177 Å². The minimum absolute atomic E-state index is 0.0621. The summed E-state index contributed by atoms with van der Waals surface area (Å²) in [4.78, 5) is 0. The molecule has 150 valence electrons. The van der Waals surface area contributed by atoms with Gasteiger partial charge in [-0.1, -0.05) is 126 Å². The van der Waals surface area contributed by atoms with Gasteiger partial charge in [0.15, 0.2) is 0 Å². The summed E-state index contributed by atoms with van der Waals surface area (Å²) in [5, 5.41) is 0. The molecule has 0 saturated carbocycles. The average molecular weight is 383 g/mol.